The van der Waals surface area contributed by atoms with Crippen LogP contribution in [0.15, 0.2) is 16.9 Å². The minimum absolute atomic E-state index is 0.0442. The molecule has 0 radical (unpaired) electrons. The van der Waals surface area contributed by atoms with E-state index in [9.17, 15) is 4.79 Å². The normalized spacial score (nSPS) is 10.4. The molecule has 0 aliphatic rings. The van der Waals surface area contributed by atoms with E-state index in [1.165, 1.54) is 0 Å². The summed E-state index contributed by atoms with van der Waals surface area (Å²) in [5.74, 6) is 0.0442. The first-order valence-electron chi connectivity index (χ1n) is 5.16. The standard InChI is InChI=1S/C10H16BrN3O2/c1-16-6-2-4-12-10(15)3-5-14-8-9(11)7-13-14/h7-8H,2-6H2,1H3,(H,12,15). The number of rotatable bonds is 7. The summed E-state index contributed by atoms with van der Waals surface area (Å²) in [6, 6.07) is 0. The molecule has 6 heteroatoms. The molecule has 90 valence electrons. The van der Waals surface area contributed by atoms with Gasteiger partial charge in [-0.2, -0.15) is 5.10 Å². The molecular formula is C10H16BrN3O2. The Kier molecular flexibility index (Phi) is 6.10. The van der Waals surface area contributed by atoms with Gasteiger partial charge in [0, 0.05) is 39.4 Å². The second-order valence-corrected chi connectivity index (χ2v) is 4.28. The molecule has 0 atom stereocenters. The van der Waals surface area contributed by atoms with Crippen LogP contribution in [-0.2, 0) is 16.1 Å². The number of hydrogen-bond acceptors (Lipinski definition) is 3. The maximum atomic E-state index is 11.4. The van der Waals surface area contributed by atoms with Crippen LogP contribution in [0, 0.1) is 0 Å². The molecule has 1 aromatic heterocycles. The Labute approximate surface area is 103 Å². The van der Waals surface area contributed by atoms with E-state index in [2.05, 4.69) is 26.3 Å². The van der Waals surface area contributed by atoms with Gasteiger partial charge in [0.2, 0.25) is 5.91 Å². The Balaban J connectivity index is 2.10. The number of nitrogens with one attached hydrogen (secondary N) is 1. The van der Waals surface area contributed by atoms with Crippen molar-refractivity contribution in [1.82, 2.24) is 15.1 Å². The van der Waals surface area contributed by atoms with Gasteiger partial charge in [0.25, 0.3) is 0 Å². The third kappa shape index (κ3) is 5.27. The molecule has 1 rings (SSSR count). The zero-order valence-corrected chi connectivity index (χ0v) is 10.9. The fourth-order valence-corrected chi connectivity index (χ4v) is 1.54. The van der Waals surface area contributed by atoms with Gasteiger partial charge < -0.3 is 10.1 Å². The lowest BCUT2D eigenvalue weighted by atomic mass is 10.3. The fourth-order valence-electron chi connectivity index (χ4n) is 1.21. The van der Waals surface area contributed by atoms with E-state index >= 15 is 0 Å². The number of methoxy groups -OCH3 is 1. The smallest absolute Gasteiger partial charge is 0.221 e. The van der Waals surface area contributed by atoms with E-state index in [0.717, 1.165) is 10.9 Å². The van der Waals surface area contributed by atoms with E-state index in [1.54, 1.807) is 18.0 Å². The highest BCUT2D eigenvalue weighted by Crippen LogP contribution is 2.06. The van der Waals surface area contributed by atoms with Crippen LogP contribution in [0.1, 0.15) is 12.8 Å². The van der Waals surface area contributed by atoms with Gasteiger partial charge in [-0.05, 0) is 22.4 Å². The number of aryl methyl sites for hydroxylation is 1. The molecular weight excluding hydrogens is 274 g/mol. The minimum atomic E-state index is 0.0442. The van der Waals surface area contributed by atoms with Crippen molar-refractivity contribution in [2.75, 3.05) is 20.3 Å². The number of halogens is 1. The Bertz CT molecular complexity index is 328. The van der Waals surface area contributed by atoms with Crippen LogP contribution in [0.5, 0.6) is 0 Å². The van der Waals surface area contributed by atoms with Crippen LogP contribution in [0.25, 0.3) is 0 Å². The summed E-state index contributed by atoms with van der Waals surface area (Å²) < 4.78 is 7.54. The lowest BCUT2D eigenvalue weighted by Gasteiger charge is -2.04. The number of nitrogens with zero attached hydrogens (tertiary/aromatic N) is 2. The highest BCUT2D eigenvalue weighted by Gasteiger charge is 2.01. The van der Waals surface area contributed by atoms with Crippen molar-refractivity contribution in [3.8, 4) is 0 Å². The third-order valence-corrected chi connectivity index (χ3v) is 2.43. The van der Waals surface area contributed by atoms with Gasteiger partial charge in [0.15, 0.2) is 0 Å². The Morgan fingerprint density at radius 3 is 3.12 bits per heavy atom. The minimum Gasteiger partial charge on any atom is -0.385 e. The number of aromatic nitrogens is 2. The third-order valence-electron chi connectivity index (χ3n) is 2.02. The lowest BCUT2D eigenvalue weighted by molar-refractivity contribution is -0.121. The average Bonchev–Trinajstić information content (AvgIpc) is 2.68. The molecule has 16 heavy (non-hydrogen) atoms. The molecule has 0 bridgehead atoms. The molecule has 1 amide bonds. The first-order chi connectivity index (χ1) is 7.72. The number of amides is 1. The van der Waals surface area contributed by atoms with E-state index in [4.69, 9.17) is 4.74 Å². The van der Waals surface area contributed by atoms with Crippen LogP contribution in [0.4, 0.5) is 0 Å². The van der Waals surface area contributed by atoms with Gasteiger partial charge in [0.05, 0.1) is 10.7 Å². The molecule has 1 aromatic rings. The molecule has 0 saturated heterocycles. The fraction of sp³-hybridized carbons (Fsp3) is 0.600. The van der Waals surface area contributed by atoms with E-state index in [1.807, 2.05) is 6.20 Å². The SMILES string of the molecule is COCCCNC(=O)CCn1cc(Br)cn1. The van der Waals surface area contributed by atoms with Crippen molar-refractivity contribution in [2.45, 2.75) is 19.4 Å². The predicted octanol–water partition coefficient (Wildman–Crippen LogP) is 1.19. The highest BCUT2D eigenvalue weighted by atomic mass is 79.9. The molecule has 0 saturated carbocycles. The zero-order valence-electron chi connectivity index (χ0n) is 9.28. The summed E-state index contributed by atoms with van der Waals surface area (Å²) in [5, 5.41) is 6.89. The quantitative estimate of drug-likeness (QED) is 0.767. The van der Waals surface area contributed by atoms with Crippen LogP contribution >= 0.6 is 15.9 Å². The molecule has 5 nitrogen and oxygen atoms in total. The average molecular weight is 290 g/mol. The van der Waals surface area contributed by atoms with Crippen molar-refractivity contribution < 1.29 is 9.53 Å². The molecule has 0 unspecified atom stereocenters. The summed E-state index contributed by atoms with van der Waals surface area (Å²) >= 11 is 3.30. The monoisotopic (exact) mass is 289 g/mol. The van der Waals surface area contributed by atoms with Gasteiger partial charge in [-0.1, -0.05) is 0 Å². The summed E-state index contributed by atoms with van der Waals surface area (Å²) in [6.07, 6.45) is 4.84. The van der Waals surface area contributed by atoms with E-state index in [-0.39, 0.29) is 5.91 Å². The maximum absolute atomic E-state index is 11.4. The summed E-state index contributed by atoms with van der Waals surface area (Å²) in [4.78, 5) is 11.4. The van der Waals surface area contributed by atoms with Gasteiger partial charge in [0.1, 0.15) is 0 Å². The second-order valence-electron chi connectivity index (χ2n) is 3.37. The molecule has 0 spiro atoms. The molecule has 1 N–H and O–H groups in total. The predicted molar refractivity (Wildman–Crippen MR) is 64.0 cm³/mol. The van der Waals surface area contributed by atoms with E-state index in [0.29, 0.717) is 26.1 Å². The number of hydrogen-bond donors (Lipinski definition) is 1. The van der Waals surface area contributed by atoms with Crippen LogP contribution in [0.3, 0.4) is 0 Å². The maximum Gasteiger partial charge on any atom is 0.221 e. The Morgan fingerprint density at radius 2 is 2.50 bits per heavy atom. The molecule has 0 aliphatic carbocycles. The Morgan fingerprint density at radius 1 is 1.69 bits per heavy atom. The summed E-state index contributed by atoms with van der Waals surface area (Å²) in [6.45, 7) is 1.93. The zero-order chi connectivity index (χ0) is 11.8. The van der Waals surface area contributed by atoms with Crippen molar-refractivity contribution in [2.24, 2.45) is 0 Å². The molecule has 1 heterocycles. The number of carbonyl (C=O) groups excluding carboxylic acids is 1. The summed E-state index contributed by atoms with van der Waals surface area (Å²) in [5.41, 5.74) is 0. The first kappa shape index (κ1) is 13.2. The van der Waals surface area contributed by atoms with Crippen LogP contribution in [0.2, 0.25) is 0 Å². The number of carbonyl (C=O) groups is 1. The molecule has 0 aliphatic heterocycles. The summed E-state index contributed by atoms with van der Waals surface area (Å²) in [7, 11) is 1.65. The van der Waals surface area contributed by atoms with Crippen LogP contribution in [-0.4, -0.2) is 35.9 Å². The van der Waals surface area contributed by atoms with Gasteiger partial charge in [-0.15, -0.1) is 0 Å². The molecule has 0 aromatic carbocycles. The lowest BCUT2D eigenvalue weighted by Crippen LogP contribution is -2.26. The van der Waals surface area contributed by atoms with Crippen molar-refractivity contribution in [1.29, 1.82) is 0 Å². The first-order valence-corrected chi connectivity index (χ1v) is 5.95. The van der Waals surface area contributed by atoms with Gasteiger partial charge in [-0.3, -0.25) is 9.48 Å². The topological polar surface area (TPSA) is 56.1 Å². The van der Waals surface area contributed by atoms with E-state index < -0.39 is 0 Å². The highest BCUT2D eigenvalue weighted by molar-refractivity contribution is 9.10. The number of ether oxygens (including phenoxy) is 1. The van der Waals surface area contributed by atoms with Crippen molar-refractivity contribution >= 4 is 21.8 Å². The Hall–Kier alpha value is -0.880. The van der Waals surface area contributed by atoms with Crippen molar-refractivity contribution in [3.05, 3.63) is 16.9 Å². The van der Waals surface area contributed by atoms with Crippen molar-refractivity contribution in [3.63, 3.8) is 0 Å². The largest absolute Gasteiger partial charge is 0.385 e. The van der Waals surface area contributed by atoms with Gasteiger partial charge in [-0.25, -0.2) is 0 Å². The van der Waals surface area contributed by atoms with Gasteiger partial charge >= 0.3 is 0 Å². The van der Waals surface area contributed by atoms with Crippen LogP contribution < -0.4 is 5.32 Å². The second kappa shape index (κ2) is 7.40. The molecule has 0 fully saturated rings.